The molecule has 780 valence electrons. The molecule has 24 nitrogen and oxygen atoms in total. The summed E-state index contributed by atoms with van der Waals surface area (Å²) in [5.74, 6) is -5.81. The molecule has 24 heteroatoms. The second kappa shape index (κ2) is 48.6. The molecular weight excluding hydrogens is 1770 g/mol. The number of aliphatic hydroxyl groups is 6. The largest absolute Gasteiger partial charge is 0.493 e. The Bertz CT molecular complexity index is 7070. The SMILES string of the molecule is [2H]C([2H])([2H])C(C)(C([2H])([2H])[2H])C([2H])([2H])C1([2H])CN2CCc3cc(OC)c(OC)cc3C2([2H])C([2H])([2H])C1([2H])O.[2H]C([2H])([2H])Oc1cc2c(cc1OC)CCN1C2CC(O)C(CC(C)C)C1([2H])[2H].[2H]C([2H])([2H])Oc1cc2c(cc1OC)CCN1CC([2H])(C([2H])([2H])C(C)(C([2H])([2H])[2H])C([2H])([2H])[2H])C([2H])(O)C([2H])([2H])C21[2H].[2H]C([2H])([2H])Oc1cc2c(cc1OC)CCN1CC([2H])(CC(C)C)C([2H])(O)C([2H])([2H])C21[2H].[2H]C1([2H])C(CC(C)C)C(O)CC2c3cc(OC)c(OC)cc3CCN21.[2H]C1([2H])C(CC(C)C)C(O)CC2c3cc(OC)c(OC)cc3CCN21. The van der Waals surface area contributed by atoms with Gasteiger partial charge in [-0.2, -0.15) is 0 Å². The van der Waals surface area contributed by atoms with Crippen LogP contribution in [0.2, 0.25) is 0 Å². The number of hydrogen-bond acceptors (Lipinski definition) is 24. The van der Waals surface area contributed by atoms with Crippen molar-refractivity contribution in [3.63, 3.8) is 0 Å². The quantitative estimate of drug-likeness (QED) is 0.0369. The fourth-order valence-electron chi connectivity index (χ4n) is 20.7. The summed E-state index contributed by atoms with van der Waals surface area (Å²) in [6, 6.07) is 11.1. The van der Waals surface area contributed by atoms with Gasteiger partial charge in [0.2, 0.25) is 0 Å². The molecular formula is C116H178N6O18. The molecule has 12 aliphatic rings. The van der Waals surface area contributed by atoms with Gasteiger partial charge in [0.25, 0.3) is 0 Å². The van der Waals surface area contributed by atoms with Crippen LogP contribution >= 0.6 is 0 Å². The van der Waals surface area contributed by atoms with E-state index in [0.717, 1.165) is 62.1 Å². The third kappa shape index (κ3) is 26.3. The van der Waals surface area contributed by atoms with Gasteiger partial charge >= 0.3 is 0 Å². The summed E-state index contributed by atoms with van der Waals surface area (Å²) in [4.78, 5) is 9.16. The molecule has 0 saturated carbocycles. The van der Waals surface area contributed by atoms with Gasteiger partial charge in [0.15, 0.2) is 69.0 Å². The summed E-state index contributed by atoms with van der Waals surface area (Å²) in [6.07, 6.45) is -23.6. The number of rotatable bonds is 22. The molecule has 12 aliphatic heterocycles. The monoisotopic (exact) mass is 1990 g/mol. The molecule has 6 fully saturated rings. The highest BCUT2D eigenvalue weighted by Crippen LogP contribution is 2.53. The fourth-order valence-corrected chi connectivity index (χ4v) is 20.7. The number of hydrogen-bond donors (Lipinski definition) is 6. The molecule has 18 unspecified atom stereocenters. The Morgan fingerprint density at radius 3 is 0.764 bits per heavy atom. The lowest BCUT2D eigenvalue weighted by Gasteiger charge is -2.47. The average molecular weight is 1990 g/mol. The second-order valence-electron chi connectivity index (χ2n) is 39.5. The minimum atomic E-state index is -3.92. The van der Waals surface area contributed by atoms with Crippen LogP contribution < -0.4 is 56.8 Å². The minimum Gasteiger partial charge on any atom is -0.493 e. The molecule has 0 aliphatic carbocycles. The Balaban J connectivity index is 0.000000182. The Hall–Kier alpha value is -7.56. The Labute approximate surface area is 904 Å². The van der Waals surface area contributed by atoms with Crippen molar-refractivity contribution in [2.24, 2.45) is 69.9 Å². The zero-order valence-electron chi connectivity index (χ0n) is 130. The Morgan fingerprint density at radius 1 is 0.314 bits per heavy atom. The maximum Gasteiger partial charge on any atom is 0.161 e. The smallest absolute Gasteiger partial charge is 0.161 e. The first kappa shape index (κ1) is 63.1. The van der Waals surface area contributed by atoms with E-state index >= 15 is 0 Å². The summed E-state index contributed by atoms with van der Waals surface area (Å²) < 4.78 is 445. The fraction of sp³-hybridized carbons (Fsp3) is 0.690. The molecule has 6 aromatic carbocycles. The summed E-state index contributed by atoms with van der Waals surface area (Å²) >= 11 is 0. The second-order valence-corrected chi connectivity index (χ2v) is 39.5. The van der Waals surface area contributed by atoms with E-state index in [-0.39, 0.29) is 138 Å². The lowest BCUT2D eigenvalue weighted by atomic mass is 9.75. The van der Waals surface area contributed by atoms with E-state index in [1.165, 1.54) is 70.8 Å². The van der Waals surface area contributed by atoms with Crippen LogP contribution in [0.4, 0.5) is 0 Å². The molecule has 0 spiro atoms. The molecule has 12 heterocycles. The van der Waals surface area contributed by atoms with E-state index in [2.05, 4.69) is 27.7 Å². The predicted molar refractivity (Wildman–Crippen MR) is 556 cm³/mol. The van der Waals surface area contributed by atoms with Gasteiger partial charge in [-0.25, -0.2) is 0 Å². The van der Waals surface area contributed by atoms with Crippen molar-refractivity contribution in [1.29, 1.82) is 0 Å². The molecule has 18 rings (SSSR count). The summed E-state index contributed by atoms with van der Waals surface area (Å²) in [6.45, 7) is -2.31. The molecule has 0 bridgehead atoms. The number of aliphatic hydroxyl groups excluding tert-OH is 3. The Kier molecular flexibility index (Phi) is 21.9. The Morgan fingerprint density at radius 2 is 0.529 bits per heavy atom. The minimum absolute atomic E-state index is 0.0101. The molecule has 0 aromatic heterocycles. The number of nitrogens with zero attached hydrogens (tertiary/aromatic N) is 6. The molecule has 6 saturated heterocycles. The van der Waals surface area contributed by atoms with E-state index in [4.69, 9.17) is 116 Å². The van der Waals surface area contributed by atoms with Crippen molar-refractivity contribution in [2.45, 2.75) is 285 Å². The van der Waals surface area contributed by atoms with Crippen LogP contribution in [0.25, 0.3) is 0 Å². The van der Waals surface area contributed by atoms with Gasteiger partial charge in [-0.1, -0.05) is 96.6 Å². The van der Waals surface area contributed by atoms with Gasteiger partial charge in [0.1, 0.15) is 0 Å². The third-order valence-electron chi connectivity index (χ3n) is 27.3. The molecule has 0 radical (unpaired) electrons. The topological polar surface area (TPSA) is 252 Å². The predicted octanol–water partition coefficient (Wildman–Crippen LogP) is 19.0. The average Bonchev–Trinajstić information content (AvgIpc) is 0.657. The van der Waals surface area contributed by atoms with Crippen LogP contribution in [0.15, 0.2) is 72.8 Å². The van der Waals surface area contributed by atoms with Gasteiger partial charge in [-0.15, -0.1) is 0 Å². The van der Waals surface area contributed by atoms with E-state index < -0.39 is 208 Å². The van der Waals surface area contributed by atoms with Gasteiger partial charge in [0.05, 0.1) is 142 Å². The number of ether oxygens (including phenoxy) is 12. The maximum absolute atomic E-state index is 11.4. The normalized spacial score (nSPS) is 40.0. The van der Waals surface area contributed by atoms with Crippen LogP contribution in [0.3, 0.4) is 0 Å². The summed E-state index contributed by atoms with van der Waals surface area (Å²) in [5, 5.41) is 66.1. The van der Waals surface area contributed by atoms with Crippen LogP contribution in [0.5, 0.6) is 69.0 Å². The standard InChI is InChI=1S/2C20H31NO3.4C19H29NO3/c2*1-20(2,3)11-14-12-21-7-6-13-8-18(23-4)19(24-5)9-15(13)16(21)10-17(14)22;4*1-12(2)7-14-11-20-6-5-13-8-18(22-3)19(23-4)9-15(13)16(20)10-17(14)21/h2*8-9,14,16-17,22H,6-7,10-12H2,1-5H3;4*8-9,12,14,16-17,21H,5-7,10-11H2,1-4H3/i1D3,2D3,5D3,10D2,11D2,14D,16D,17D;1D3,2D3,10D2,11D2,14D,16D,17D;4D3,10D2,14D,16D,17D;4D3,11D2;2*11D2. The van der Waals surface area contributed by atoms with Crippen LogP contribution in [-0.4, -0.2) is 260 Å². The summed E-state index contributed by atoms with van der Waals surface area (Å²) in [5.41, 5.74) is 0.626. The number of piperidine rings is 6. The van der Waals surface area contributed by atoms with Crippen molar-refractivity contribution < 1.29 is 151 Å². The lowest BCUT2D eigenvalue weighted by molar-refractivity contribution is -0.0259. The molecule has 0 amide bonds. The van der Waals surface area contributed by atoms with Crippen LogP contribution in [0.1, 0.15) is 339 Å². The van der Waals surface area contributed by atoms with Crippen molar-refractivity contribution in [3.05, 3.63) is 140 Å². The van der Waals surface area contributed by atoms with Gasteiger partial charge in [-0.05, 0) is 325 Å². The first-order valence-corrected chi connectivity index (χ1v) is 48.3. The van der Waals surface area contributed by atoms with Crippen molar-refractivity contribution in [2.75, 3.05) is 163 Å². The van der Waals surface area contributed by atoms with Crippen LogP contribution in [0, 0.1) is 69.9 Å². The zero-order valence-corrected chi connectivity index (χ0v) is 84.3. The van der Waals surface area contributed by atoms with Crippen LogP contribution in [-0.2, 0) is 38.5 Å². The highest BCUT2D eigenvalue weighted by atomic mass is 16.5. The zero-order chi connectivity index (χ0) is 141. The van der Waals surface area contributed by atoms with Gasteiger partial charge in [0, 0.05) is 157 Å². The first-order valence-electron chi connectivity index (χ1n) is 71.3. The molecule has 6 N–H and O–H groups in total. The van der Waals surface area contributed by atoms with E-state index in [1.807, 2.05) is 66.7 Å². The lowest BCUT2D eigenvalue weighted by Crippen LogP contribution is -2.48. The number of benzene rings is 6. The van der Waals surface area contributed by atoms with E-state index in [1.54, 1.807) is 40.6 Å². The van der Waals surface area contributed by atoms with Gasteiger partial charge < -0.3 is 87.5 Å². The molecule has 18 atom stereocenters. The maximum atomic E-state index is 11.4. The number of fused-ring (bicyclic) bond motifs is 18. The highest BCUT2D eigenvalue weighted by Gasteiger charge is 2.47. The molecule has 140 heavy (non-hydrogen) atoms. The summed E-state index contributed by atoms with van der Waals surface area (Å²) in [7, 11) is 4.84. The van der Waals surface area contributed by atoms with E-state index in [9.17, 15) is 34.8 Å². The highest BCUT2D eigenvalue weighted by molar-refractivity contribution is 5.55. The molecule has 6 aromatic rings. The van der Waals surface area contributed by atoms with Crippen molar-refractivity contribution in [3.8, 4) is 69.0 Å². The van der Waals surface area contributed by atoms with Gasteiger partial charge in [-0.3, -0.25) is 29.4 Å². The first-order chi connectivity index (χ1) is 84.5. The third-order valence-corrected chi connectivity index (χ3v) is 27.3. The van der Waals surface area contributed by atoms with Crippen molar-refractivity contribution >= 4 is 0 Å². The van der Waals surface area contributed by atoms with E-state index in [0.29, 0.717) is 142 Å². The number of methoxy groups -OCH3 is 12. The van der Waals surface area contributed by atoms with Crippen molar-refractivity contribution in [1.82, 2.24) is 29.4 Å².